The summed E-state index contributed by atoms with van der Waals surface area (Å²) < 4.78 is 35.6. The van der Waals surface area contributed by atoms with Crippen LogP contribution in [0.2, 0.25) is 0 Å². The van der Waals surface area contributed by atoms with Gasteiger partial charge in [-0.2, -0.15) is 5.10 Å². The zero-order valence-corrected chi connectivity index (χ0v) is 20.3. The Hall–Kier alpha value is -3.17. The fourth-order valence-electron chi connectivity index (χ4n) is 4.82. The summed E-state index contributed by atoms with van der Waals surface area (Å²) in [6.07, 6.45) is 3.32. The van der Waals surface area contributed by atoms with Gasteiger partial charge in [0.15, 0.2) is 0 Å². The lowest BCUT2D eigenvalue weighted by atomic mass is 9.81. The number of piperidine rings is 1. The van der Waals surface area contributed by atoms with Crippen molar-refractivity contribution in [2.24, 2.45) is 7.05 Å². The van der Waals surface area contributed by atoms with Crippen LogP contribution < -0.4 is 9.46 Å². The van der Waals surface area contributed by atoms with Gasteiger partial charge in [0.05, 0.1) is 4.90 Å². The molecular formula is C25H28N4O4S. The predicted octanol–water partition coefficient (Wildman–Crippen LogP) is 3.30. The van der Waals surface area contributed by atoms with Gasteiger partial charge in [0.2, 0.25) is 10.0 Å². The maximum atomic E-state index is 13.2. The number of nitrogens with one attached hydrogen (secondary N) is 1. The first-order chi connectivity index (χ1) is 16.2. The second-order valence-electron chi connectivity index (χ2n) is 9.25. The first-order valence-electron chi connectivity index (χ1n) is 11.4. The maximum absolute atomic E-state index is 13.2. The standard InChI is InChI=1S/C25H28N4O4S/c1-17(2)27-34(31,32)19-10-8-18(9-11-19)24(30)29-14-12-25(13-15-29)21-16-28(3)26-23(21)20-6-4-5-7-22(20)33-25/h4-11,16-17,27H,12-15H2,1-3H3. The molecular weight excluding hydrogens is 452 g/mol. The normalized spacial score (nSPS) is 16.8. The summed E-state index contributed by atoms with van der Waals surface area (Å²) in [6, 6.07) is 13.8. The smallest absolute Gasteiger partial charge is 0.253 e. The van der Waals surface area contributed by atoms with Crippen LogP contribution >= 0.6 is 0 Å². The molecule has 178 valence electrons. The zero-order chi connectivity index (χ0) is 24.1. The molecule has 1 N–H and O–H groups in total. The molecule has 1 saturated heterocycles. The third-order valence-corrected chi connectivity index (χ3v) is 8.10. The van der Waals surface area contributed by atoms with Gasteiger partial charge in [-0.1, -0.05) is 12.1 Å². The number of rotatable bonds is 4. The van der Waals surface area contributed by atoms with E-state index in [0.717, 1.165) is 22.6 Å². The Kier molecular flexibility index (Phi) is 5.49. The van der Waals surface area contributed by atoms with Crippen molar-refractivity contribution in [3.05, 3.63) is 65.9 Å². The highest BCUT2D eigenvalue weighted by atomic mass is 32.2. The summed E-state index contributed by atoms with van der Waals surface area (Å²) in [5.74, 6) is 0.707. The minimum absolute atomic E-state index is 0.113. The molecule has 2 aliphatic rings. The summed E-state index contributed by atoms with van der Waals surface area (Å²) >= 11 is 0. The minimum Gasteiger partial charge on any atom is -0.482 e. The molecule has 5 rings (SSSR count). The largest absolute Gasteiger partial charge is 0.482 e. The van der Waals surface area contributed by atoms with Crippen molar-refractivity contribution >= 4 is 15.9 Å². The van der Waals surface area contributed by atoms with Crippen LogP contribution in [0.15, 0.2) is 59.6 Å². The molecule has 0 bridgehead atoms. The van der Waals surface area contributed by atoms with E-state index in [2.05, 4.69) is 4.72 Å². The number of hydrogen-bond donors (Lipinski definition) is 1. The van der Waals surface area contributed by atoms with Crippen LogP contribution in [0.25, 0.3) is 11.3 Å². The Morgan fingerprint density at radius 2 is 1.76 bits per heavy atom. The van der Waals surface area contributed by atoms with Gasteiger partial charge in [0.25, 0.3) is 5.91 Å². The Labute approximate surface area is 199 Å². The Bertz CT molecular complexity index is 1340. The fourth-order valence-corrected chi connectivity index (χ4v) is 6.07. The van der Waals surface area contributed by atoms with Crippen molar-refractivity contribution in [3.63, 3.8) is 0 Å². The number of carbonyl (C=O) groups excluding carboxylic acids is 1. The SMILES string of the molecule is CC(C)NS(=O)(=O)c1ccc(C(=O)N2CCC3(CC2)Oc2ccccc2-c2nn(C)cc23)cc1. The average Bonchev–Trinajstić information content (AvgIpc) is 3.21. The van der Waals surface area contributed by atoms with E-state index in [4.69, 9.17) is 9.84 Å². The number of carbonyl (C=O) groups is 1. The van der Waals surface area contributed by atoms with E-state index in [1.165, 1.54) is 12.1 Å². The lowest BCUT2D eigenvalue weighted by Crippen LogP contribution is -2.49. The maximum Gasteiger partial charge on any atom is 0.253 e. The molecule has 1 fully saturated rings. The van der Waals surface area contributed by atoms with Gasteiger partial charge in [0.1, 0.15) is 17.0 Å². The number of aryl methyl sites for hydroxylation is 1. The van der Waals surface area contributed by atoms with Crippen LogP contribution in [0.3, 0.4) is 0 Å². The van der Waals surface area contributed by atoms with Gasteiger partial charge in [-0.3, -0.25) is 9.48 Å². The van der Waals surface area contributed by atoms with Gasteiger partial charge >= 0.3 is 0 Å². The van der Waals surface area contributed by atoms with E-state index in [-0.39, 0.29) is 16.8 Å². The molecule has 1 spiro atoms. The van der Waals surface area contributed by atoms with E-state index in [9.17, 15) is 13.2 Å². The molecule has 0 radical (unpaired) electrons. The number of amides is 1. The lowest BCUT2D eigenvalue weighted by molar-refractivity contribution is -0.00166. The molecule has 1 aromatic heterocycles. The van der Waals surface area contributed by atoms with Crippen LogP contribution in [0.1, 0.15) is 42.6 Å². The van der Waals surface area contributed by atoms with Crippen molar-refractivity contribution in [2.75, 3.05) is 13.1 Å². The number of fused-ring (bicyclic) bond motifs is 4. The lowest BCUT2D eigenvalue weighted by Gasteiger charge is -2.44. The Morgan fingerprint density at radius 3 is 2.44 bits per heavy atom. The molecule has 9 heteroatoms. The summed E-state index contributed by atoms with van der Waals surface area (Å²) in [5.41, 5.74) is 2.94. The van der Waals surface area contributed by atoms with Crippen molar-refractivity contribution in [1.29, 1.82) is 0 Å². The number of hydrogen-bond acceptors (Lipinski definition) is 5. The molecule has 0 aliphatic carbocycles. The summed E-state index contributed by atoms with van der Waals surface area (Å²) in [4.78, 5) is 15.1. The number of benzene rings is 2. The second-order valence-corrected chi connectivity index (χ2v) is 11.0. The summed E-state index contributed by atoms with van der Waals surface area (Å²) in [6.45, 7) is 4.60. The van der Waals surface area contributed by atoms with Crippen molar-refractivity contribution in [1.82, 2.24) is 19.4 Å². The third-order valence-electron chi connectivity index (χ3n) is 6.43. The van der Waals surface area contributed by atoms with Crippen molar-refractivity contribution in [3.8, 4) is 17.0 Å². The minimum atomic E-state index is -3.60. The number of likely N-dealkylation sites (tertiary alicyclic amines) is 1. The van der Waals surface area contributed by atoms with Gasteiger partial charge in [-0.15, -0.1) is 0 Å². The highest BCUT2D eigenvalue weighted by molar-refractivity contribution is 7.89. The molecule has 3 heterocycles. The van der Waals surface area contributed by atoms with E-state index in [1.807, 2.05) is 42.2 Å². The Morgan fingerprint density at radius 1 is 1.09 bits per heavy atom. The molecule has 2 aromatic carbocycles. The highest BCUT2D eigenvalue weighted by Gasteiger charge is 2.45. The fraction of sp³-hybridized carbons (Fsp3) is 0.360. The van der Waals surface area contributed by atoms with E-state index < -0.39 is 15.6 Å². The van der Waals surface area contributed by atoms with Gasteiger partial charge < -0.3 is 9.64 Å². The second kappa shape index (κ2) is 8.25. The third kappa shape index (κ3) is 3.88. The van der Waals surface area contributed by atoms with Crippen molar-refractivity contribution < 1.29 is 17.9 Å². The number of ether oxygens (including phenoxy) is 1. The zero-order valence-electron chi connectivity index (χ0n) is 19.5. The first-order valence-corrected chi connectivity index (χ1v) is 12.9. The molecule has 34 heavy (non-hydrogen) atoms. The van der Waals surface area contributed by atoms with Crippen LogP contribution in [-0.4, -0.2) is 48.1 Å². The number of sulfonamides is 1. The molecule has 0 atom stereocenters. The van der Waals surface area contributed by atoms with E-state index in [1.54, 1.807) is 30.9 Å². The van der Waals surface area contributed by atoms with Crippen molar-refractivity contribution in [2.45, 2.75) is 43.2 Å². The van der Waals surface area contributed by atoms with Gasteiger partial charge in [0, 0.05) is 61.9 Å². The molecule has 0 saturated carbocycles. The summed E-state index contributed by atoms with van der Waals surface area (Å²) in [5, 5.41) is 4.69. The quantitative estimate of drug-likeness (QED) is 0.619. The number of aromatic nitrogens is 2. The predicted molar refractivity (Wildman–Crippen MR) is 128 cm³/mol. The monoisotopic (exact) mass is 480 g/mol. The summed E-state index contributed by atoms with van der Waals surface area (Å²) in [7, 11) is -1.69. The molecule has 2 aliphatic heterocycles. The van der Waals surface area contributed by atoms with Crippen LogP contribution in [-0.2, 0) is 22.7 Å². The molecule has 3 aromatic rings. The van der Waals surface area contributed by atoms with Crippen LogP contribution in [0, 0.1) is 0 Å². The van der Waals surface area contributed by atoms with Gasteiger partial charge in [-0.25, -0.2) is 13.1 Å². The van der Waals surface area contributed by atoms with E-state index in [0.29, 0.717) is 31.5 Å². The highest BCUT2D eigenvalue weighted by Crippen LogP contribution is 2.48. The van der Waals surface area contributed by atoms with E-state index >= 15 is 0 Å². The van der Waals surface area contributed by atoms with Crippen LogP contribution in [0.5, 0.6) is 5.75 Å². The molecule has 0 unspecified atom stereocenters. The van der Waals surface area contributed by atoms with Gasteiger partial charge in [-0.05, 0) is 50.2 Å². The topological polar surface area (TPSA) is 93.5 Å². The Balaban J connectivity index is 1.33. The molecule has 8 nitrogen and oxygen atoms in total. The average molecular weight is 481 g/mol. The number of nitrogens with zero attached hydrogens (tertiary/aromatic N) is 3. The van der Waals surface area contributed by atoms with Crippen LogP contribution in [0.4, 0.5) is 0 Å². The molecule has 1 amide bonds. The number of para-hydroxylation sites is 1. The first kappa shape index (κ1) is 22.6.